The number of aromatic nitrogens is 3. The molecule has 13 rings (SSSR count). The van der Waals surface area contributed by atoms with E-state index in [9.17, 15) is 0 Å². The molecule has 7 aromatic rings. The molecular formula is C51H41N3OS. The van der Waals surface area contributed by atoms with E-state index in [1.807, 2.05) is 11.8 Å². The number of para-hydroxylation sites is 1. The molecule has 1 aliphatic heterocycles. The van der Waals surface area contributed by atoms with E-state index in [1.54, 1.807) is 11.1 Å². The van der Waals surface area contributed by atoms with Gasteiger partial charge in [-0.25, -0.2) is 15.0 Å². The first-order chi connectivity index (χ1) is 27.5. The second kappa shape index (κ2) is 12.2. The van der Waals surface area contributed by atoms with Gasteiger partial charge in [0, 0.05) is 27.7 Å². The Balaban J connectivity index is 1.04. The topological polar surface area (TPSA) is 47.9 Å². The van der Waals surface area contributed by atoms with Crippen LogP contribution in [0, 0.1) is 37.5 Å². The van der Waals surface area contributed by atoms with Crippen LogP contribution < -0.4 is 4.74 Å². The Morgan fingerprint density at radius 1 is 0.518 bits per heavy atom. The van der Waals surface area contributed by atoms with Gasteiger partial charge in [0.05, 0.1) is 9.79 Å². The van der Waals surface area contributed by atoms with Gasteiger partial charge in [0.15, 0.2) is 17.5 Å². The number of benzene rings is 6. The molecule has 4 bridgehead atoms. The van der Waals surface area contributed by atoms with Crippen LogP contribution in [0.5, 0.6) is 11.5 Å². The highest BCUT2D eigenvalue weighted by atomic mass is 32.2. The maximum absolute atomic E-state index is 7.00. The highest BCUT2D eigenvalue weighted by Crippen LogP contribution is 2.71. The summed E-state index contributed by atoms with van der Waals surface area (Å²) in [6.07, 6.45) is 6.87. The van der Waals surface area contributed by atoms with Gasteiger partial charge in [-0.1, -0.05) is 132 Å². The summed E-state index contributed by atoms with van der Waals surface area (Å²) < 4.78 is 7.00. The fraction of sp³-hybridized carbons (Fsp3) is 0.235. The van der Waals surface area contributed by atoms with Crippen molar-refractivity contribution in [2.75, 3.05) is 0 Å². The number of rotatable bonds is 4. The van der Waals surface area contributed by atoms with Crippen molar-refractivity contribution in [3.63, 3.8) is 0 Å². The summed E-state index contributed by atoms with van der Waals surface area (Å²) in [4.78, 5) is 17.6. The molecule has 272 valence electrons. The molecule has 1 spiro atoms. The molecule has 0 N–H and O–H groups in total. The molecule has 0 radical (unpaired) electrons. The first-order valence-corrected chi connectivity index (χ1v) is 21.1. The van der Waals surface area contributed by atoms with E-state index < -0.39 is 0 Å². The molecule has 0 atom stereocenters. The Labute approximate surface area is 332 Å². The summed E-state index contributed by atoms with van der Waals surface area (Å²) in [7, 11) is 0. The van der Waals surface area contributed by atoms with E-state index in [0.717, 1.165) is 45.6 Å². The summed E-state index contributed by atoms with van der Waals surface area (Å²) in [5, 5.41) is 0. The van der Waals surface area contributed by atoms with E-state index in [0.29, 0.717) is 29.3 Å². The third kappa shape index (κ3) is 4.83. The van der Waals surface area contributed by atoms with Gasteiger partial charge in [-0.3, -0.25) is 0 Å². The van der Waals surface area contributed by atoms with Gasteiger partial charge in [-0.2, -0.15) is 0 Å². The van der Waals surface area contributed by atoms with Crippen LogP contribution in [-0.2, 0) is 5.41 Å². The first kappa shape index (κ1) is 32.7. The van der Waals surface area contributed by atoms with E-state index >= 15 is 0 Å². The van der Waals surface area contributed by atoms with Crippen molar-refractivity contribution in [2.45, 2.75) is 61.2 Å². The first-order valence-electron chi connectivity index (χ1n) is 20.3. The number of hydrogen-bond donors (Lipinski definition) is 0. The lowest BCUT2D eigenvalue weighted by atomic mass is 9.43. The highest BCUT2D eigenvalue weighted by molar-refractivity contribution is 7.99. The third-order valence-corrected chi connectivity index (χ3v) is 14.8. The van der Waals surface area contributed by atoms with Gasteiger partial charge in [-0.05, 0) is 116 Å². The molecule has 6 aliphatic rings. The molecule has 4 saturated carbocycles. The zero-order valence-corrected chi connectivity index (χ0v) is 32.4. The standard InChI is InChI=1S/C51H41N3OS/c1-29-11-15-34(16-12-29)48-52-49(35-17-13-30(2)14-18-35)54-50(53-48)36-21-19-33(20-22-36)45-46-39-7-3-4-8-40(39)51(37-24-31-23-32(26-37)27-38(51)25-31)41(46)28-44-47(45)55-42-9-5-6-10-43(42)56-44/h3-22,28,31-32,37-38H,23-27H2,1-2H3. The largest absolute Gasteiger partial charge is 0.454 e. The third-order valence-electron chi connectivity index (χ3n) is 13.7. The quantitative estimate of drug-likeness (QED) is 0.180. The minimum absolute atomic E-state index is 0.0598. The van der Waals surface area contributed by atoms with Crippen LogP contribution in [0.25, 0.3) is 56.4 Å². The molecule has 0 unspecified atom stereocenters. The SMILES string of the molecule is Cc1ccc(-c2nc(-c3ccc(C)cc3)nc(-c3ccc(-c4c5c(cc6c4-c4ccccc4C64C6CC7CC(C6)CC4C7)Sc4ccccc4O5)cc3)n2)cc1. The molecule has 1 aromatic heterocycles. The van der Waals surface area contributed by atoms with Gasteiger partial charge in [0.25, 0.3) is 0 Å². The van der Waals surface area contributed by atoms with Crippen LogP contribution in [0.3, 0.4) is 0 Å². The molecule has 6 aromatic carbocycles. The van der Waals surface area contributed by atoms with Gasteiger partial charge >= 0.3 is 0 Å². The van der Waals surface area contributed by atoms with Crippen LogP contribution in [0.2, 0.25) is 0 Å². The summed E-state index contributed by atoms with van der Waals surface area (Å²) in [6.45, 7) is 4.20. The van der Waals surface area contributed by atoms with E-state index in [4.69, 9.17) is 19.7 Å². The lowest BCUT2D eigenvalue weighted by Crippen LogP contribution is -2.55. The van der Waals surface area contributed by atoms with Crippen LogP contribution >= 0.6 is 11.8 Å². The van der Waals surface area contributed by atoms with Gasteiger partial charge in [-0.15, -0.1) is 0 Å². The zero-order chi connectivity index (χ0) is 37.1. The predicted molar refractivity (Wildman–Crippen MR) is 225 cm³/mol. The average Bonchev–Trinajstić information content (AvgIpc) is 3.51. The van der Waals surface area contributed by atoms with Crippen molar-refractivity contribution in [3.8, 4) is 67.9 Å². The molecule has 4 fully saturated rings. The Morgan fingerprint density at radius 3 is 1.64 bits per heavy atom. The molecule has 4 nitrogen and oxygen atoms in total. The molecular weight excluding hydrogens is 703 g/mol. The lowest BCUT2D eigenvalue weighted by molar-refractivity contribution is -0.0400. The maximum atomic E-state index is 7.00. The maximum Gasteiger partial charge on any atom is 0.164 e. The average molecular weight is 744 g/mol. The van der Waals surface area contributed by atoms with Crippen molar-refractivity contribution >= 4 is 11.8 Å². The van der Waals surface area contributed by atoms with Crippen molar-refractivity contribution in [1.82, 2.24) is 15.0 Å². The summed E-state index contributed by atoms with van der Waals surface area (Å²) >= 11 is 1.87. The fourth-order valence-electron chi connectivity index (χ4n) is 11.5. The number of fused-ring (bicyclic) bond motifs is 5. The minimum Gasteiger partial charge on any atom is -0.454 e. The molecule has 2 heterocycles. The Kier molecular flexibility index (Phi) is 7.15. The number of nitrogens with zero attached hydrogens (tertiary/aromatic N) is 3. The number of ether oxygens (including phenoxy) is 1. The lowest BCUT2D eigenvalue weighted by Gasteiger charge is -2.61. The van der Waals surface area contributed by atoms with Crippen molar-refractivity contribution in [1.29, 1.82) is 0 Å². The number of aryl methyl sites for hydroxylation is 2. The van der Waals surface area contributed by atoms with Gasteiger partial charge < -0.3 is 4.74 Å². The van der Waals surface area contributed by atoms with Crippen molar-refractivity contribution in [3.05, 3.63) is 150 Å². The second-order valence-electron chi connectivity index (χ2n) is 17.0. The normalized spacial score (nSPS) is 23.3. The van der Waals surface area contributed by atoms with Crippen LogP contribution in [0.15, 0.2) is 137 Å². The smallest absolute Gasteiger partial charge is 0.164 e. The van der Waals surface area contributed by atoms with E-state index in [2.05, 4.69) is 141 Å². The Bertz CT molecular complexity index is 2630. The predicted octanol–water partition coefficient (Wildman–Crippen LogP) is 13.1. The van der Waals surface area contributed by atoms with Crippen molar-refractivity contribution < 1.29 is 4.74 Å². The van der Waals surface area contributed by atoms with Gasteiger partial charge in [0.1, 0.15) is 11.5 Å². The zero-order valence-electron chi connectivity index (χ0n) is 31.6. The van der Waals surface area contributed by atoms with Gasteiger partial charge in [0.2, 0.25) is 0 Å². The molecule has 5 aliphatic carbocycles. The monoisotopic (exact) mass is 743 g/mol. The summed E-state index contributed by atoms with van der Waals surface area (Å²) in [6, 6.07) is 46.2. The second-order valence-corrected chi connectivity index (χ2v) is 18.1. The molecule has 56 heavy (non-hydrogen) atoms. The molecule has 5 heteroatoms. The number of hydrogen-bond acceptors (Lipinski definition) is 5. The fourth-order valence-corrected chi connectivity index (χ4v) is 12.5. The summed E-state index contributed by atoms with van der Waals surface area (Å²) in [5.74, 6) is 7.06. The molecule has 0 saturated heterocycles. The van der Waals surface area contributed by atoms with Crippen LogP contribution in [0.4, 0.5) is 0 Å². The van der Waals surface area contributed by atoms with Crippen molar-refractivity contribution in [2.24, 2.45) is 23.7 Å². The minimum atomic E-state index is 0.0598. The van der Waals surface area contributed by atoms with Crippen LogP contribution in [-0.4, -0.2) is 15.0 Å². The highest BCUT2D eigenvalue weighted by Gasteiger charge is 2.62. The van der Waals surface area contributed by atoms with E-state index in [-0.39, 0.29) is 5.41 Å². The Morgan fingerprint density at radius 2 is 1.04 bits per heavy atom. The Hall–Kier alpha value is -5.52. The van der Waals surface area contributed by atoms with E-state index in [1.165, 1.54) is 69.7 Å². The summed E-state index contributed by atoms with van der Waals surface area (Å²) in [5.41, 5.74) is 13.6. The van der Waals surface area contributed by atoms with Crippen LogP contribution in [0.1, 0.15) is 54.4 Å². The molecule has 0 amide bonds.